The fourth-order valence-corrected chi connectivity index (χ4v) is 4.71. The van der Waals surface area contributed by atoms with Gasteiger partial charge in [-0.1, -0.05) is 42.5 Å². The third-order valence-corrected chi connectivity index (χ3v) is 6.26. The molecule has 0 atom stereocenters. The van der Waals surface area contributed by atoms with E-state index in [0.29, 0.717) is 12.0 Å². The summed E-state index contributed by atoms with van der Waals surface area (Å²) in [6, 6.07) is 19.4. The number of carbonyl (C=O) groups is 2. The molecule has 0 saturated carbocycles. The average Bonchev–Trinajstić information content (AvgIpc) is 3.37. The molecular formula is C24H20N4O2S. The Labute approximate surface area is 183 Å². The summed E-state index contributed by atoms with van der Waals surface area (Å²) in [6.45, 7) is 0. The Hall–Kier alpha value is -3.71. The van der Waals surface area contributed by atoms with Crippen LogP contribution in [0.4, 0.5) is 0 Å². The molecule has 2 aromatic heterocycles. The zero-order chi connectivity index (χ0) is 21.2. The molecular weight excluding hydrogens is 408 g/mol. The number of nitrogens with one attached hydrogen (secondary N) is 2. The van der Waals surface area contributed by atoms with Crippen molar-refractivity contribution in [1.82, 2.24) is 10.1 Å². The van der Waals surface area contributed by atoms with Crippen molar-refractivity contribution in [3.63, 3.8) is 0 Å². The first kappa shape index (κ1) is 19.3. The lowest BCUT2D eigenvalue weighted by atomic mass is 10.0. The minimum absolute atomic E-state index is 0.0685. The number of hydrazone groups is 1. The molecule has 2 aromatic carbocycles. The molecule has 4 aromatic rings. The van der Waals surface area contributed by atoms with E-state index < -0.39 is 0 Å². The minimum Gasteiger partial charge on any atom is -0.273 e. The number of aryl methyl sites for hydroxylation is 1. The van der Waals surface area contributed by atoms with Gasteiger partial charge in [-0.3, -0.25) is 19.7 Å². The second kappa shape index (κ2) is 8.20. The van der Waals surface area contributed by atoms with Crippen molar-refractivity contribution >= 4 is 40.3 Å². The molecule has 2 N–H and O–H groups in total. The number of thiophene rings is 1. The van der Waals surface area contributed by atoms with E-state index in [0.717, 1.165) is 40.6 Å². The van der Waals surface area contributed by atoms with Gasteiger partial charge in [-0.25, -0.2) is 5.43 Å². The van der Waals surface area contributed by atoms with Crippen molar-refractivity contribution in [1.29, 1.82) is 0 Å². The standard InChI is InChI=1S/C24H20N4O2S/c29-21(13-4-9-17-10-6-14-31-17)27-28-20-12-5-11-18-22(20)19(15-25-26-24(18)30)23(28)16-7-2-1-3-8-16/h1-3,5-8,10-12,14-15H,4,9,13H2,(H,26,30)(H,27,29). The van der Waals surface area contributed by atoms with Gasteiger partial charge in [0.1, 0.15) is 0 Å². The van der Waals surface area contributed by atoms with Crippen LogP contribution in [0.3, 0.4) is 0 Å². The summed E-state index contributed by atoms with van der Waals surface area (Å²) < 4.78 is 1.79. The highest BCUT2D eigenvalue weighted by molar-refractivity contribution is 7.09. The maximum absolute atomic E-state index is 12.9. The predicted octanol–water partition coefficient (Wildman–Crippen LogP) is 4.54. The van der Waals surface area contributed by atoms with Crippen molar-refractivity contribution in [3.05, 3.63) is 82.0 Å². The zero-order valence-corrected chi connectivity index (χ0v) is 17.5. The van der Waals surface area contributed by atoms with E-state index in [2.05, 4.69) is 22.0 Å². The quantitative estimate of drug-likeness (QED) is 0.473. The van der Waals surface area contributed by atoms with Gasteiger partial charge >= 0.3 is 0 Å². The van der Waals surface area contributed by atoms with Gasteiger partial charge in [-0.15, -0.1) is 11.3 Å². The van der Waals surface area contributed by atoms with Gasteiger partial charge in [0.2, 0.25) is 5.91 Å². The van der Waals surface area contributed by atoms with Crippen molar-refractivity contribution in [2.24, 2.45) is 5.10 Å². The van der Waals surface area contributed by atoms with E-state index >= 15 is 0 Å². The highest BCUT2D eigenvalue weighted by atomic mass is 32.1. The second-order valence-electron chi connectivity index (χ2n) is 7.33. The largest absolute Gasteiger partial charge is 0.273 e. The van der Waals surface area contributed by atoms with Crippen molar-refractivity contribution < 1.29 is 9.59 Å². The van der Waals surface area contributed by atoms with Crippen LogP contribution < -0.4 is 10.9 Å². The SMILES string of the molecule is O=C(CCCc1cccs1)Nn1c(-c2ccccc2)c2c3c(cccc31)C(=O)NN=C2. The molecule has 154 valence electrons. The first-order chi connectivity index (χ1) is 15.2. The molecule has 2 amide bonds. The molecule has 0 bridgehead atoms. The van der Waals surface area contributed by atoms with Gasteiger partial charge in [-0.2, -0.15) is 5.10 Å². The molecule has 0 spiro atoms. The molecule has 7 heteroatoms. The van der Waals surface area contributed by atoms with E-state index in [1.54, 1.807) is 28.3 Å². The number of nitrogens with zero attached hydrogens (tertiary/aromatic N) is 2. The smallest absolute Gasteiger partial charge is 0.272 e. The van der Waals surface area contributed by atoms with E-state index in [-0.39, 0.29) is 11.8 Å². The second-order valence-corrected chi connectivity index (χ2v) is 8.36. The molecule has 0 radical (unpaired) electrons. The monoisotopic (exact) mass is 428 g/mol. The number of hydrogen-bond donors (Lipinski definition) is 2. The zero-order valence-electron chi connectivity index (χ0n) is 16.7. The normalized spacial score (nSPS) is 12.6. The molecule has 1 aliphatic heterocycles. The molecule has 5 rings (SSSR count). The van der Waals surface area contributed by atoms with Crippen LogP contribution in [-0.4, -0.2) is 22.7 Å². The summed E-state index contributed by atoms with van der Waals surface area (Å²) in [7, 11) is 0. The number of aromatic nitrogens is 1. The summed E-state index contributed by atoms with van der Waals surface area (Å²) in [5.74, 6) is -0.333. The van der Waals surface area contributed by atoms with Crippen LogP contribution >= 0.6 is 11.3 Å². The summed E-state index contributed by atoms with van der Waals surface area (Å²) in [5.41, 5.74) is 9.45. The van der Waals surface area contributed by atoms with Crippen LogP contribution in [0, 0.1) is 0 Å². The van der Waals surface area contributed by atoms with Crippen LogP contribution in [0.2, 0.25) is 0 Å². The molecule has 0 saturated heterocycles. The van der Waals surface area contributed by atoms with Crippen molar-refractivity contribution in [3.8, 4) is 11.3 Å². The molecule has 3 heterocycles. The number of amides is 2. The topological polar surface area (TPSA) is 75.5 Å². The molecule has 0 aliphatic carbocycles. The Morgan fingerprint density at radius 1 is 1.06 bits per heavy atom. The molecule has 1 aliphatic rings. The van der Waals surface area contributed by atoms with Crippen molar-refractivity contribution in [2.45, 2.75) is 19.3 Å². The van der Waals surface area contributed by atoms with Crippen LogP contribution in [0.1, 0.15) is 33.6 Å². The van der Waals surface area contributed by atoms with Gasteiger partial charge in [0.15, 0.2) is 0 Å². The van der Waals surface area contributed by atoms with Gasteiger partial charge in [0, 0.05) is 27.8 Å². The van der Waals surface area contributed by atoms with E-state index in [9.17, 15) is 9.59 Å². The van der Waals surface area contributed by atoms with Gasteiger partial charge in [-0.05, 0) is 36.4 Å². The van der Waals surface area contributed by atoms with E-state index in [1.807, 2.05) is 53.9 Å². The highest BCUT2D eigenvalue weighted by Crippen LogP contribution is 2.35. The van der Waals surface area contributed by atoms with E-state index in [4.69, 9.17) is 0 Å². The van der Waals surface area contributed by atoms with Crippen LogP contribution in [-0.2, 0) is 11.2 Å². The first-order valence-corrected chi connectivity index (χ1v) is 11.0. The lowest BCUT2D eigenvalue weighted by molar-refractivity contribution is -0.117. The predicted molar refractivity (Wildman–Crippen MR) is 124 cm³/mol. The lowest BCUT2D eigenvalue weighted by Gasteiger charge is -2.13. The minimum atomic E-state index is -0.264. The Morgan fingerprint density at radius 3 is 2.74 bits per heavy atom. The highest BCUT2D eigenvalue weighted by Gasteiger charge is 2.25. The molecule has 31 heavy (non-hydrogen) atoms. The van der Waals surface area contributed by atoms with E-state index in [1.165, 1.54) is 4.88 Å². The number of hydrogen-bond acceptors (Lipinski definition) is 4. The van der Waals surface area contributed by atoms with Crippen LogP contribution in [0.15, 0.2) is 71.1 Å². The number of rotatable bonds is 6. The summed E-state index contributed by atoms with van der Waals surface area (Å²) >= 11 is 1.71. The number of carbonyl (C=O) groups excluding carboxylic acids is 2. The fourth-order valence-electron chi connectivity index (χ4n) is 3.95. The maximum Gasteiger partial charge on any atom is 0.272 e. The average molecular weight is 429 g/mol. The Balaban J connectivity index is 1.55. The Bertz CT molecular complexity index is 1290. The number of benzene rings is 2. The van der Waals surface area contributed by atoms with Gasteiger partial charge < -0.3 is 0 Å². The van der Waals surface area contributed by atoms with Gasteiger partial charge in [0.25, 0.3) is 5.91 Å². The van der Waals surface area contributed by atoms with Crippen molar-refractivity contribution in [2.75, 3.05) is 5.43 Å². The maximum atomic E-state index is 12.9. The summed E-state index contributed by atoms with van der Waals surface area (Å²) in [5, 5.41) is 6.93. The lowest BCUT2D eigenvalue weighted by Crippen LogP contribution is -2.24. The van der Waals surface area contributed by atoms with Gasteiger partial charge in [0.05, 0.1) is 23.0 Å². The van der Waals surface area contributed by atoms with Crippen LogP contribution in [0.25, 0.3) is 22.2 Å². The first-order valence-electron chi connectivity index (χ1n) is 10.1. The Morgan fingerprint density at radius 2 is 1.94 bits per heavy atom. The molecule has 0 fully saturated rings. The third kappa shape index (κ3) is 3.64. The fraction of sp³-hybridized carbons (Fsp3) is 0.125. The third-order valence-electron chi connectivity index (χ3n) is 5.33. The molecule has 6 nitrogen and oxygen atoms in total. The summed E-state index contributed by atoms with van der Waals surface area (Å²) in [4.78, 5) is 26.6. The Kier molecular flexibility index (Phi) is 5.09. The summed E-state index contributed by atoms with van der Waals surface area (Å²) in [6.07, 6.45) is 3.72. The van der Waals surface area contributed by atoms with Crippen LogP contribution in [0.5, 0.6) is 0 Å². The molecule has 0 unspecified atom stereocenters.